The fraction of sp³-hybridized carbons (Fsp3) is 0.417. The number of aldehydes is 1. The first-order chi connectivity index (χ1) is 7.15. The smallest absolute Gasteiger partial charge is 0.136 e. The molecule has 0 unspecified atom stereocenters. The summed E-state index contributed by atoms with van der Waals surface area (Å²) in [5, 5.41) is 0. The Morgan fingerprint density at radius 3 is 2.67 bits per heavy atom. The first kappa shape index (κ1) is 11.7. The summed E-state index contributed by atoms with van der Waals surface area (Å²) >= 11 is 0. The summed E-state index contributed by atoms with van der Waals surface area (Å²) in [6.07, 6.45) is 2.35. The van der Waals surface area contributed by atoms with Gasteiger partial charge >= 0.3 is 0 Å². The van der Waals surface area contributed by atoms with Crippen molar-refractivity contribution < 1.29 is 4.79 Å². The molecule has 0 bridgehead atoms. The molecule has 1 aromatic rings. The van der Waals surface area contributed by atoms with Gasteiger partial charge in [0.15, 0.2) is 0 Å². The van der Waals surface area contributed by atoms with Crippen molar-refractivity contribution in [3.8, 4) is 0 Å². The van der Waals surface area contributed by atoms with Crippen molar-refractivity contribution in [2.45, 2.75) is 18.9 Å². The van der Waals surface area contributed by atoms with Crippen molar-refractivity contribution >= 4 is 12.0 Å². The quantitative estimate of drug-likeness (QED) is 0.737. The molecule has 0 saturated carbocycles. The van der Waals surface area contributed by atoms with Gasteiger partial charge in [-0.2, -0.15) is 0 Å². The Bertz CT molecular complexity index is 323. The van der Waals surface area contributed by atoms with Gasteiger partial charge in [0.05, 0.1) is 6.04 Å². The number of aryl methyl sites for hydroxylation is 1. The monoisotopic (exact) mass is 206 g/mol. The van der Waals surface area contributed by atoms with Gasteiger partial charge in [0.2, 0.25) is 0 Å². The van der Waals surface area contributed by atoms with E-state index in [1.807, 2.05) is 26.2 Å². The number of carbonyl (C=O) groups is 1. The Labute approximate surface area is 90.9 Å². The molecule has 0 aliphatic rings. The molecule has 0 saturated heterocycles. The first-order valence-corrected chi connectivity index (χ1v) is 5.11. The summed E-state index contributed by atoms with van der Waals surface area (Å²) in [4.78, 5) is 12.5. The van der Waals surface area contributed by atoms with E-state index >= 15 is 0 Å². The summed E-state index contributed by atoms with van der Waals surface area (Å²) in [5.41, 5.74) is 7.99. The van der Waals surface area contributed by atoms with Crippen molar-refractivity contribution in [2.75, 3.05) is 19.0 Å². The van der Waals surface area contributed by atoms with Crippen LogP contribution in [0.5, 0.6) is 0 Å². The lowest BCUT2D eigenvalue weighted by Gasteiger charge is -2.17. The maximum Gasteiger partial charge on any atom is 0.136 e. The molecule has 82 valence electrons. The highest BCUT2D eigenvalue weighted by Crippen LogP contribution is 2.19. The Morgan fingerprint density at radius 1 is 1.40 bits per heavy atom. The van der Waals surface area contributed by atoms with E-state index in [0.29, 0.717) is 6.42 Å². The minimum Gasteiger partial charge on any atom is -0.377 e. The third-order valence-electron chi connectivity index (χ3n) is 2.40. The molecule has 0 fully saturated rings. The van der Waals surface area contributed by atoms with Crippen LogP contribution in [0.2, 0.25) is 0 Å². The largest absolute Gasteiger partial charge is 0.377 e. The van der Waals surface area contributed by atoms with Gasteiger partial charge in [0, 0.05) is 19.8 Å². The van der Waals surface area contributed by atoms with Crippen molar-refractivity contribution in [3.63, 3.8) is 0 Å². The van der Waals surface area contributed by atoms with Gasteiger partial charge in [-0.25, -0.2) is 0 Å². The highest BCUT2D eigenvalue weighted by molar-refractivity contribution is 5.57. The van der Waals surface area contributed by atoms with Crippen LogP contribution in [0.1, 0.15) is 12.0 Å². The summed E-state index contributed by atoms with van der Waals surface area (Å²) in [5.74, 6) is 0. The van der Waals surface area contributed by atoms with Crippen LogP contribution in [0.3, 0.4) is 0 Å². The van der Waals surface area contributed by atoms with Gasteiger partial charge in [-0.1, -0.05) is 18.2 Å². The van der Waals surface area contributed by atoms with Crippen LogP contribution in [0, 0.1) is 0 Å². The average molecular weight is 206 g/mol. The molecule has 15 heavy (non-hydrogen) atoms. The zero-order valence-corrected chi connectivity index (χ0v) is 9.31. The molecule has 1 rings (SSSR count). The van der Waals surface area contributed by atoms with E-state index in [4.69, 9.17) is 5.73 Å². The second-order valence-corrected chi connectivity index (χ2v) is 3.86. The van der Waals surface area contributed by atoms with E-state index < -0.39 is 0 Å². The molecule has 0 heterocycles. The maximum atomic E-state index is 10.4. The molecule has 0 radical (unpaired) electrons. The predicted molar refractivity (Wildman–Crippen MR) is 63.1 cm³/mol. The number of nitrogens with zero attached hydrogens (tertiary/aromatic N) is 1. The molecule has 0 aromatic heterocycles. The average Bonchev–Trinajstić information content (AvgIpc) is 2.26. The molecule has 1 aromatic carbocycles. The van der Waals surface area contributed by atoms with Crippen LogP contribution >= 0.6 is 0 Å². The van der Waals surface area contributed by atoms with Gasteiger partial charge in [-0.05, 0) is 24.5 Å². The molecule has 0 spiro atoms. The van der Waals surface area contributed by atoms with Crippen LogP contribution in [-0.4, -0.2) is 26.4 Å². The highest BCUT2D eigenvalue weighted by Gasteiger charge is 2.05. The van der Waals surface area contributed by atoms with Gasteiger partial charge < -0.3 is 15.4 Å². The standard InChI is InChI=1S/C12H18N2O/c1-14(2)12-6-4-3-5-10(12)7-8-11(13)9-15/h3-6,9,11H,7-8,13H2,1-2H3/t11-/m0/s1. The van der Waals surface area contributed by atoms with Crippen LogP contribution in [0.25, 0.3) is 0 Å². The Hall–Kier alpha value is -1.35. The lowest BCUT2D eigenvalue weighted by Crippen LogP contribution is -2.22. The van der Waals surface area contributed by atoms with E-state index in [0.717, 1.165) is 12.7 Å². The molecule has 0 amide bonds. The zero-order chi connectivity index (χ0) is 11.3. The molecular formula is C12H18N2O. The van der Waals surface area contributed by atoms with E-state index in [9.17, 15) is 4.79 Å². The predicted octanol–water partition coefficient (Wildman–Crippen LogP) is 1.21. The molecule has 2 N–H and O–H groups in total. The van der Waals surface area contributed by atoms with Crippen molar-refractivity contribution in [2.24, 2.45) is 5.73 Å². The number of para-hydroxylation sites is 1. The Kier molecular flexibility index (Phi) is 4.31. The van der Waals surface area contributed by atoms with Crippen LogP contribution in [-0.2, 0) is 11.2 Å². The molecular weight excluding hydrogens is 188 g/mol. The topological polar surface area (TPSA) is 46.3 Å². The second-order valence-electron chi connectivity index (χ2n) is 3.86. The molecule has 3 heteroatoms. The minimum atomic E-state index is -0.347. The molecule has 1 atom stereocenters. The van der Waals surface area contributed by atoms with Gasteiger partial charge in [-0.15, -0.1) is 0 Å². The summed E-state index contributed by atoms with van der Waals surface area (Å²) in [6.45, 7) is 0. The highest BCUT2D eigenvalue weighted by atomic mass is 16.1. The van der Waals surface area contributed by atoms with Crippen molar-refractivity contribution in [1.29, 1.82) is 0 Å². The Morgan fingerprint density at radius 2 is 2.07 bits per heavy atom. The normalized spacial score (nSPS) is 12.2. The van der Waals surface area contributed by atoms with Crippen LogP contribution < -0.4 is 10.6 Å². The minimum absolute atomic E-state index is 0.347. The lowest BCUT2D eigenvalue weighted by molar-refractivity contribution is -0.109. The molecule has 3 nitrogen and oxygen atoms in total. The van der Waals surface area contributed by atoms with E-state index in [1.54, 1.807) is 0 Å². The van der Waals surface area contributed by atoms with E-state index in [2.05, 4.69) is 17.0 Å². The van der Waals surface area contributed by atoms with E-state index in [1.165, 1.54) is 11.3 Å². The second kappa shape index (κ2) is 5.51. The Balaban J connectivity index is 2.71. The summed E-state index contributed by atoms with van der Waals surface area (Å²) in [7, 11) is 4.02. The number of hydrogen-bond donors (Lipinski definition) is 1. The number of carbonyl (C=O) groups excluding carboxylic acids is 1. The van der Waals surface area contributed by atoms with Crippen LogP contribution in [0.15, 0.2) is 24.3 Å². The number of anilines is 1. The molecule has 0 aliphatic heterocycles. The SMILES string of the molecule is CN(C)c1ccccc1CC[C@H](N)C=O. The first-order valence-electron chi connectivity index (χ1n) is 5.11. The van der Waals surface area contributed by atoms with E-state index in [-0.39, 0.29) is 6.04 Å². The summed E-state index contributed by atoms with van der Waals surface area (Å²) in [6, 6.07) is 7.82. The zero-order valence-electron chi connectivity index (χ0n) is 9.31. The molecule has 0 aliphatic carbocycles. The van der Waals surface area contributed by atoms with Crippen LogP contribution in [0.4, 0.5) is 5.69 Å². The third-order valence-corrected chi connectivity index (χ3v) is 2.40. The third kappa shape index (κ3) is 3.36. The summed E-state index contributed by atoms with van der Waals surface area (Å²) < 4.78 is 0. The van der Waals surface area contributed by atoms with Gasteiger partial charge in [0.1, 0.15) is 6.29 Å². The number of rotatable bonds is 5. The lowest BCUT2D eigenvalue weighted by atomic mass is 10.0. The fourth-order valence-electron chi connectivity index (χ4n) is 1.55. The van der Waals surface area contributed by atoms with Crippen molar-refractivity contribution in [3.05, 3.63) is 29.8 Å². The fourth-order valence-corrected chi connectivity index (χ4v) is 1.55. The maximum absolute atomic E-state index is 10.4. The number of nitrogens with two attached hydrogens (primary N) is 1. The van der Waals surface area contributed by atoms with Crippen molar-refractivity contribution in [1.82, 2.24) is 0 Å². The van der Waals surface area contributed by atoms with Gasteiger partial charge in [0.25, 0.3) is 0 Å². The van der Waals surface area contributed by atoms with Gasteiger partial charge in [-0.3, -0.25) is 0 Å². The number of hydrogen-bond acceptors (Lipinski definition) is 3. The number of benzene rings is 1.